The quantitative estimate of drug-likeness (QED) is 0.125. The van der Waals surface area contributed by atoms with Crippen molar-refractivity contribution in [1.82, 2.24) is 4.98 Å². The lowest BCUT2D eigenvalue weighted by atomic mass is 10.1. The molecule has 4 rings (SSSR count). The maximum atomic E-state index is 14.6. The van der Waals surface area contributed by atoms with Gasteiger partial charge in [0, 0.05) is 38.2 Å². The van der Waals surface area contributed by atoms with Gasteiger partial charge in [-0.1, -0.05) is 63.4 Å². The second kappa shape index (κ2) is 12.5. The first-order valence-corrected chi connectivity index (χ1v) is 16.9. The Morgan fingerprint density at radius 2 is 1.82 bits per heavy atom. The molecule has 1 heterocycles. The number of rotatable bonds is 10. The van der Waals surface area contributed by atoms with Crippen LogP contribution in [-0.2, 0) is 21.6 Å². The Balaban J connectivity index is 1.67. The van der Waals surface area contributed by atoms with Gasteiger partial charge in [0.05, 0.1) is 28.0 Å². The van der Waals surface area contributed by atoms with Crippen molar-refractivity contribution in [3.63, 3.8) is 0 Å². The van der Waals surface area contributed by atoms with Crippen LogP contribution in [0.25, 0.3) is 11.3 Å². The van der Waals surface area contributed by atoms with Crippen molar-refractivity contribution in [2.75, 3.05) is 17.3 Å². The van der Waals surface area contributed by atoms with E-state index in [-0.39, 0.29) is 16.8 Å². The van der Waals surface area contributed by atoms with Gasteiger partial charge in [0.2, 0.25) is 0 Å². The third kappa shape index (κ3) is 7.07. The number of halogens is 5. The van der Waals surface area contributed by atoms with Gasteiger partial charge in [0.15, 0.2) is 5.13 Å². The molecule has 0 spiro atoms. The van der Waals surface area contributed by atoms with E-state index in [1.54, 1.807) is 18.2 Å². The number of anilines is 2. The van der Waals surface area contributed by atoms with Gasteiger partial charge in [0.25, 0.3) is 7.37 Å². The predicted molar refractivity (Wildman–Crippen MR) is 162 cm³/mol. The molecule has 4 aromatic rings. The molecule has 6 nitrogen and oxygen atoms in total. The van der Waals surface area contributed by atoms with Crippen molar-refractivity contribution in [1.29, 1.82) is 0 Å². The number of benzene rings is 3. The Bertz CT molecular complexity index is 1600. The van der Waals surface area contributed by atoms with Gasteiger partial charge < -0.3 is 14.9 Å². The maximum Gasteiger partial charge on any atom is 0.347 e. The summed E-state index contributed by atoms with van der Waals surface area (Å²) >= 11 is 18.1. The lowest BCUT2D eigenvalue weighted by molar-refractivity contribution is -0.133. The molecule has 0 amide bonds. The summed E-state index contributed by atoms with van der Waals surface area (Å²) in [5.74, 6) is -0.930. The molecule has 0 aliphatic carbocycles. The standard InChI is InChI=1S/C26H20BrCl2F2N2O4PS2/c1-38(36,37)26(30,31)19-8-2-15(10-20(19)27)12-33(17-5-9-21(28)22(29)11-17)25-32-23(13-40-25)16-3-6-18(7-4-16)39-14-24(34)35/h2-11,13H,12,14H2,1H3,(H,34,35)(H,36,37). The fourth-order valence-corrected chi connectivity index (χ4v) is 6.85. The van der Waals surface area contributed by atoms with Crippen LogP contribution in [0.3, 0.4) is 0 Å². The van der Waals surface area contributed by atoms with Crippen LogP contribution < -0.4 is 4.90 Å². The van der Waals surface area contributed by atoms with Crippen LogP contribution in [0.5, 0.6) is 0 Å². The number of nitrogens with zero attached hydrogens (tertiary/aromatic N) is 2. The minimum atomic E-state index is -4.74. The van der Waals surface area contributed by atoms with Crippen LogP contribution >= 0.6 is 69.6 Å². The summed E-state index contributed by atoms with van der Waals surface area (Å²) in [4.78, 5) is 27.8. The SMILES string of the molecule is CP(=O)(O)C(F)(F)c1ccc(CN(c2ccc(Cl)c(Cl)c2)c2nc(-c3ccc(SCC(=O)O)cc3)cs2)cc1Br. The average Bonchev–Trinajstić information content (AvgIpc) is 3.37. The maximum absolute atomic E-state index is 14.6. The van der Waals surface area contributed by atoms with Gasteiger partial charge in [-0.3, -0.25) is 9.36 Å². The summed E-state index contributed by atoms with van der Waals surface area (Å²) < 4.78 is 41.0. The Hall–Kier alpha value is -1.98. The third-order valence-electron chi connectivity index (χ3n) is 5.67. The van der Waals surface area contributed by atoms with Gasteiger partial charge in [-0.2, -0.15) is 8.78 Å². The molecule has 1 unspecified atom stereocenters. The molecular weight excluding hydrogens is 688 g/mol. The first kappa shape index (κ1) is 31.0. The summed E-state index contributed by atoms with van der Waals surface area (Å²) in [6.45, 7) is 0.838. The molecule has 0 aliphatic rings. The largest absolute Gasteiger partial charge is 0.481 e. The monoisotopic (exact) mass is 706 g/mol. The summed E-state index contributed by atoms with van der Waals surface area (Å²) in [6, 6.07) is 16.5. The number of thioether (sulfide) groups is 1. The van der Waals surface area contributed by atoms with E-state index in [0.717, 1.165) is 16.5 Å². The molecule has 0 bridgehead atoms. The highest BCUT2D eigenvalue weighted by Gasteiger charge is 2.48. The molecule has 1 aromatic heterocycles. The van der Waals surface area contributed by atoms with E-state index in [2.05, 4.69) is 15.9 Å². The molecule has 210 valence electrons. The van der Waals surface area contributed by atoms with Crippen LogP contribution in [0.1, 0.15) is 11.1 Å². The van der Waals surface area contributed by atoms with Gasteiger partial charge in [-0.05, 0) is 42.0 Å². The lowest BCUT2D eigenvalue weighted by Crippen LogP contribution is -2.18. The number of carbonyl (C=O) groups is 1. The molecule has 14 heteroatoms. The van der Waals surface area contributed by atoms with E-state index in [4.69, 9.17) is 33.3 Å². The summed E-state index contributed by atoms with van der Waals surface area (Å²) in [6.07, 6.45) is 0. The molecule has 0 saturated heterocycles. The van der Waals surface area contributed by atoms with E-state index >= 15 is 0 Å². The Morgan fingerprint density at radius 1 is 1.12 bits per heavy atom. The zero-order chi connectivity index (χ0) is 29.2. The summed E-state index contributed by atoms with van der Waals surface area (Å²) in [5.41, 5.74) is -1.68. The van der Waals surface area contributed by atoms with Crippen LogP contribution in [0.4, 0.5) is 19.6 Å². The third-order valence-corrected chi connectivity index (χ3v) is 10.2. The first-order chi connectivity index (χ1) is 18.8. The number of aromatic nitrogens is 1. The normalized spacial score (nSPS) is 13.2. The van der Waals surface area contributed by atoms with Crippen LogP contribution in [-0.4, -0.2) is 33.4 Å². The molecule has 0 aliphatic heterocycles. The minimum Gasteiger partial charge on any atom is -0.481 e. The Labute approximate surface area is 255 Å². The molecule has 2 N–H and O–H groups in total. The van der Waals surface area contributed by atoms with E-state index in [0.29, 0.717) is 38.8 Å². The van der Waals surface area contributed by atoms with Crippen LogP contribution in [0.2, 0.25) is 10.0 Å². The van der Waals surface area contributed by atoms with E-state index < -0.39 is 24.6 Å². The predicted octanol–water partition coefficient (Wildman–Crippen LogP) is 9.34. The van der Waals surface area contributed by atoms with Crippen LogP contribution in [0, 0.1) is 0 Å². The average molecular weight is 708 g/mol. The number of carboxylic acids is 1. The number of carboxylic acid groups (broad SMARTS) is 1. The highest BCUT2D eigenvalue weighted by atomic mass is 79.9. The summed E-state index contributed by atoms with van der Waals surface area (Å²) in [7, 11) is -4.74. The minimum absolute atomic E-state index is 0.000832. The van der Waals surface area contributed by atoms with Crippen molar-refractivity contribution in [3.8, 4) is 11.3 Å². The number of thiazole rings is 1. The van der Waals surface area contributed by atoms with Crippen LogP contribution in [0.15, 0.2) is 75.4 Å². The van der Waals surface area contributed by atoms with Crippen molar-refractivity contribution in [3.05, 3.63) is 91.7 Å². The highest BCUT2D eigenvalue weighted by Crippen LogP contribution is 2.60. The highest BCUT2D eigenvalue weighted by molar-refractivity contribution is 9.10. The molecule has 1 atom stereocenters. The van der Waals surface area contributed by atoms with Gasteiger partial charge >= 0.3 is 11.6 Å². The molecular formula is C26H20BrCl2F2N2O4PS2. The zero-order valence-electron chi connectivity index (χ0n) is 20.5. The van der Waals surface area contributed by atoms with Gasteiger partial charge in [-0.15, -0.1) is 23.1 Å². The molecule has 3 aromatic carbocycles. The Kier molecular flexibility index (Phi) is 9.67. The topological polar surface area (TPSA) is 90.7 Å². The van der Waals surface area contributed by atoms with Gasteiger partial charge in [-0.25, -0.2) is 4.98 Å². The fourth-order valence-electron chi connectivity index (χ4n) is 3.62. The second-order valence-corrected chi connectivity index (χ2v) is 14.5. The van der Waals surface area contributed by atoms with Crippen molar-refractivity contribution < 1.29 is 28.1 Å². The first-order valence-electron chi connectivity index (χ1n) is 11.4. The van der Waals surface area contributed by atoms with Crippen molar-refractivity contribution >= 4 is 86.4 Å². The number of hydrogen-bond donors (Lipinski definition) is 2. The molecule has 0 fully saturated rings. The van der Waals surface area contributed by atoms with E-state index in [1.165, 1.54) is 35.2 Å². The molecule has 40 heavy (non-hydrogen) atoms. The zero-order valence-corrected chi connectivity index (χ0v) is 26.1. The smallest absolute Gasteiger partial charge is 0.347 e. The lowest BCUT2D eigenvalue weighted by Gasteiger charge is -2.24. The molecule has 0 saturated carbocycles. The van der Waals surface area contributed by atoms with Gasteiger partial charge in [0.1, 0.15) is 0 Å². The van der Waals surface area contributed by atoms with Crippen molar-refractivity contribution in [2.45, 2.75) is 17.1 Å². The second-order valence-electron chi connectivity index (χ2n) is 8.64. The molecule has 0 radical (unpaired) electrons. The number of alkyl halides is 2. The number of aliphatic carboxylic acids is 1. The fraction of sp³-hybridized carbons (Fsp3) is 0.154. The van der Waals surface area contributed by atoms with E-state index in [1.807, 2.05) is 34.5 Å². The van der Waals surface area contributed by atoms with E-state index in [9.17, 15) is 23.0 Å². The Morgan fingerprint density at radius 3 is 2.42 bits per heavy atom. The summed E-state index contributed by atoms with van der Waals surface area (Å²) in [5, 5.41) is 12.0. The number of hydrogen-bond acceptors (Lipinski definition) is 6. The van der Waals surface area contributed by atoms with Crippen molar-refractivity contribution in [2.24, 2.45) is 0 Å².